The molecule has 0 aliphatic carbocycles. The number of hydrogen-bond donors (Lipinski definition) is 1. The van der Waals surface area contributed by atoms with Gasteiger partial charge in [0.25, 0.3) is 11.1 Å². The van der Waals surface area contributed by atoms with E-state index in [1.807, 2.05) is 77.1 Å². The number of aromatic nitrogens is 1. The maximum atomic E-state index is 13.0. The van der Waals surface area contributed by atoms with Gasteiger partial charge in [0.15, 0.2) is 0 Å². The average molecular weight is 508 g/mol. The van der Waals surface area contributed by atoms with Crippen LogP contribution >= 0.6 is 23.4 Å². The van der Waals surface area contributed by atoms with Gasteiger partial charge in [-0.05, 0) is 99.5 Å². The van der Waals surface area contributed by atoms with Crippen LogP contribution < -0.4 is 5.32 Å². The van der Waals surface area contributed by atoms with Crippen molar-refractivity contribution < 1.29 is 14.4 Å². The smallest absolute Gasteiger partial charge is 0.294 e. The number of nitrogens with zero attached hydrogens (tertiary/aromatic N) is 2. The molecule has 2 aromatic carbocycles. The molecule has 1 aromatic heterocycles. The lowest BCUT2D eigenvalue weighted by molar-refractivity contribution is -0.127. The summed E-state index contributed by atoms with van der Waals surface area (Å²) in [6.45, 7) is 9.42. The Morgan fingerprint density at radius 2 is 1.63 bits per heavy atom. The van der Waals surface area contributed by atoms with Gasteiger partial charge in [-0.25, -0.2) is 0 Å². The lowest BCUT2D eigenvalue weighted by Gasteiger charge is -2.15. The first-order chi connectivity index (χ1) is 16.5. The van der Waals surface area contributed by atoms with Crippen LogP contribution in [-0.4, -0.2) is 33.1 Å². The summed E-state index contributed by atoms with van der Waals surface area (Å²) in [5.41, 5.74) is 7.37. The van der Waals surface area contributed by atoms with Crippen molar-refractivity contribution >= 4 is 52.2 Å². The van der Waals surface area contributed by atoms with Crippen LogP contribution in [0.3, 0.4) is 0 Å². The van der Waals surface area contributed by atoms with Crippen LogP contribution in [0.4, 0.5) is 10.5 Å². The predicted molar refractivity (Wildman–Crippen MR) is 142 cm³/mol. The van der Waals surface area contributed by atoms with Gasteiger partial charge in [0.05, 0.1) is 4.91 Å². The number of nitrogens with one attached hydrogen (secondary N) is 1. The molecule has 0 atom stereocenters. The van der Waals surface area contributed by atoms with Crippen LogP contribution in [0.15, 0.2) is 47.4 Å². The van der Waals surface area contributed by atoms with E-state index in [-0.39, 0.29) is 6.54 Å². The Bertz CT molecular complexity index is 1370. The third-order valence-electron chi connectivity index (χ3n) is 5.96. The van der Waals surface area contributed by atoms with E-state index in [1.165, 1.54) is 0 Å². The summed E-state index contributed by atoms with van der Waals surface area (Å²) in [7, 11) is 0. The number of halogens is 1. The number of aryl methyl sites for hydroxylation is 4. The van der Waals surface area contributed by atoms with Crippen LogP contribution in [0.1, 0.15) is 33.6 Å². The molecule has 1 aliphatic rings. The molecule has 0 saturated carbocycles. The van der Waals surface area contributed by atoms with Crippen LogP contribution in [0.25, 0.3) is 11.8 Å². The van der Waals surface area contributed by atoms with E-state index in [0.717, 1.165) is 56.0 Å². The number of anilines is 1. The molecule has 6 nitrogen and oxygen atoms in total. The van der Waals surface area contributed by atoms with Crippen LogP contribution in [-0.2, 0) is 9.59 Å². The highest BCUT2D eigenvalue weighted by molar-refractivity contribution is 8.18. The molecule has 8 heteroatoms. The van der Waals surface area contributed by atoms with Crippen molar-refractivity contribution in [1.29, 1.82) is 0 Å². The number of carbonyl (C=O) groups excluding carboxylic acids is 3. The minimum atomic E-state index is -0.469. The highest BCUT2D eigenvalue weighted by atomic mass is 35.5. The van der Waals surface area contributed by atoms with Gasteiger partial charge < -0.3 is 9.88 Å². The van der Waals surface area contributed by atoms with Gasteiger partial charge in [0, 0.05) is 27.8 Å². The first-order valence-electron chi connectivity index (χ1n) is 11.1. The second-order valence-electron chi connectivity index (χ2n) is 8.73. The first-order valence-corrected chi connectivity index (χ1v) is 12.3. The van der Waals surface area contributed by atoms with Gasteiger partial charge in [0.2, 0.25) is 5.91 Å². The molecule has 1 saturated heterocycles. The summed E-state index contributed by atoms with van der Waals surface area (Å²) in [5.74, 6) is -0.881. The fourth-order valence-corrected chi connectivity index (χ4v) is 5.35. The Morgan fingerprint density at radius 3 is 2.26 bits per heavy atom. The first kappa shape index (κ1) is 24.8. The van der Waals surface area contributed by atoms with Gasteiger partial charge in [-0.1, -0.05) is 29.3 Å². The van der Waals surface area contributed by atoms with Crippen molar-refractivity contribution in [2.24, 2.45) is 0 Å². The topological polar surface area (TPSA) is 71.4 Å². The highest BCUT2D eigenvalue weighted by Crippen LogP contribution is 2.34. The Labute approximate surface area is 214 Å². The fourth-order valence-electron chi connectivity index (χ4n) is 4.40. The van der Waals surface area contributed by atoms with E-state index < -0.39 is 17.1 Å². The molecule has 1 N–H and O–H groups in total. The minimum Gasteiger partial charge on any atom is -0.324 e. The summed E-state index contributed by atoms with van der Waals surface area (Å²) in [4.78, 5) is 39.6. The van der Waals surface area contributed by atoms with E-state index in [4.69, 9.17) is 11.6 Å². The van der Waals surface area contributed by atoms with E-state index in [0.29, 0.717) is 15.6 Å². The Morgan fingerprint density at radius 1 is 1.00 bits per heavy atom. The summed E-state index contributed by atoms with van der Waals surface area (Å²) in [5, 5.41) is 3.05. The van der Waals surface area contributed by atoms with Gasteiger partial charge in [-0.15, -0.1) is 0 Å². The number of hydrogen-bond acceptors (Lipinski definition) is 4. The van der Waals surface area contributed by atoms with Gasteiger partial charge in [0.1, 0.15) is 6.54 Å². The molecule has 180 valence electrons. The molecular weight excluding hydrogens is 482 g/mol. The maximum Gasteiger partial charge on any atom is 0.294 e. The molecule has 0 unspecified atom stereocenters. The van der Waals surface area contributed by atoms with Crippen molar-refractivity contribution in [3.05, 3.63) is 86.0 Å². The zero-order valence-electron chi connectivity index (χ0n) is 20.2. The van der Waals surface area contributed by atoms with Crippen LogP contribution in [0.5, 0.6) is 0 Å². The average Bonchev–Trinajstić information content (AvgIpc) is 3.20. The van der Waals surface area contributed by atoms with Crippen molar-refractivity contribution in [2.75, 3.05) is 11.9 Å². The maximum absolute atomic E-state index is 13.0. The Balaban J connectivity index is 1.53. The van der Waals surface area contributed by atoms with Crippen LogP contribution in [0.2, 0.25) is 5.02 Å². The second-order valence-corrected chi connectivity index (χ2v) is 10.2. The van der Waals surface area contributed by atoms with E-state index >= 15 is 0 Å². The lowest BCUT2D eigenvalue weighted by Crippen LogP contribution is -2.36. The number of benzene rings is 2. The van der Waals surface area contributed by atoms with Crippen LogP contribution in [0, 0.1) is 34.6 Å². The van der Waals surface area contributed by atoms with E-state index in [2.05, 4.69) is 9.88 Å². The number of rotatable bonds is 5. The standard InChI is InChI=1S/C27H26ClN3O3S/c1-15-10-16(2)25(17(3)11-15)29-24(32)14-30-26(33)23(35-27(30)34)13-20-12-18(4)31(19(20)5)22-8-6-21(28)7-9-22/h6-13H,14H2,1-5H3,(H,29,32)/b23-13+. The second kappa shape index (κ2) is 9.76. The molecule has 1 aliphatic heterocycles. The highest BCUT2D eigenvalue weighted by Gasteiger charge is 2.36. The van der Waals surface area contributed by atoms with Gasteiger partial charge >= 0.3 is 0 Å². The fraction of sp³-hybridized carbons (Fsp3) is 0.222. The molecule has 1 fully saturated rings. The Kier molecular flexibility index (Phi) is 6.92. The Hall–Kier alpha value is -3.29. The number of imide groups is 1. The summed E-state index contributed by atoms with van der Waals surface area (Å²) in [6, 6.07) is 13.4. The van der Waals surface area contributed by atoms with Crippen molar-refractivity contribution in [1.82, 2.24) is 9.47 Å². The summed E-state index contributed by atoms with van der Waals surface area (Å²) in [6.07, 6.45) is 1.71. The lowest BCUT2D eigenvalue weighted by atomic mass is 10.1. The molecule has 4 rings (SSSR count). The number of thioether (sulfide) groups is 1. The molecule has 0 radical (unpaired) electrons. The SMILES string of the molecule is Cc1cc(C)c(NC(=O)CN2C(=O)S/C(=C/c3cc(C)n(-c4ccc(Cl)cc4)c3C)C2=O)c(C)c1. The zero-order chi connectivity index (χ0) is 25.4. The van der Waals surface area contributed by atoms with Crippen molar-refractivity contribution in [3.63, 3.8) is 0 Å². The van der Waals surface area contributed by atoms with Gasteiger partial charge in [-0.3, -0.25) is 19.3 Å². The quantitative estimate of drug-likeness (QED) is 0.408. The monoisotopic (exact) mass is 507 g/mol. The predicted octanol–water partition coefficient (Wildman–Crippen LogP) is 6.35. The van der Waals surface area contributed by atoms with Crippen molar-refractivity contribution in [3.8, 4) is 5.69 Å². The normalized spacial score (nSPS) is 14.8. The summed E-state index contributed by atoms with van der Waals surface area (Å²) < 4.78 is 2.06. The molecule has 35 heavy (non-hydrogen) atoms. The minimum absolute atomic E-state index is 0.293. The number of carbonyl (C=O) groups is 3. The third kappa shape index (κ3) is 5.06. The third-order valence-corrected chi connectivity index (χ3v) is 7.12. The number of amides is 3. The molecule has 3 amide bonds. The molecule has 3 aromatic rings. The largest absolute Gasteiger partial charge is 0.324 e. The molecule has 0 bridgehead atoms. The van der Waals surface area contributed by atoms with Gasteiger partial charge in [-0.2, -0.15) is 0 Å². The zero-order valence-corrected chi connectivity index (χ0v) is 21.8. The van der Waals surface area contributed by atoms with E-state index in [9.17, 15) is 14.4 Å². The van der Waals surface area contributed by atoms with Crippen molar-refractivity contribution in [2.45, 2.75) is 34.6 Å². The molecule has 0 spiro atoms. The molecule has 2 heterocycles. The van der Waals surface area contributed by atoms with E-state index in [1.54, 1.807) is 6.08 Å². The molecular formula is C27H26ClN3O3S. The summed E-state index contributed by atoms with van der Waals surface area (Å²) >= 11 is 6.87.